The molecule has 27 heavy (non-hydrogen) atoms. The van der Waals surface area contributed by atoms with Gasteiger partial charge in [0.25, 0.3) is 5.91 Å². The molecule has 0 spiro atoms. The molecule has 2 heterocycles. The minimum absolute atomic E-state index is 0.0714. The summed E-state index contributed by atoms with van der Waals surface area (Å²) in [4.78, 5) is 26.5. The largest absolute Gasteiger partial charge is 0.481 e. The fourth-order valence-electron chi connectivity index (χ4n) is 4.01. The minimum Gasteiger partial charge on any atom is -0.481 e. The Bertz CT molecular complexity index is 633. The molecule has 2 aliphatic rings. The maximum atomic E-state index is 12.7. The van der Waals surface area contributed by atoms with Crippen LogP contribution in [0.15, 0.2) is 30.3 Å². The van der Waals surface area contributed by atoms with E-state index in [2.05, 4.69) is 0 Å². The van der Waals surface area contributed by atoms with Crippen molar-refractivity contribution < 1.29 is 24.2 Å². The molecule has 2 fully saturated rings. The number of hydrogen-bond acceptors (Lipinski definition) is 4. The van der Waals surface area contributed by atoms with Gasteiger partial charge in [0.2, 0.25) is 0 Å². The van der Waals surface area contributed by atoms with Crippen LogP contribution >= 0.6 is 0 Å². The number of aliphatic carboxylic acids is 1. The SMILES string of the molecule is CC(OCC1CCCCO1)C(=O)N1CCC(C(=O)O)(c2ccccc2)CC1. The van der Waals surface area contributed by atoms with E-state index in [4.69, 9.17) is 9.47 Å². The van der Waals surface area contributed by atoms with Crippen LogP contribution in [0.4, 0.5) is 0 Å². The van der Waals surface area contributed by atoms with Crippen molar-refractivity contribution in [3.63, 3.8) is 0 Å². The maximum Gasteiger partial charge on any atom is 0.314 e. The van der Waals surface area contributed by atoms with E-state index in [-0.39, 0.29) is 12.0 Å². The zero-order valence-electron chi connectivity index (χ0n) is 15.9. The minimum atomic E-state index is -0.919. The van der Waals surface area contributed by atoms with E-state index in [1.54, 1.807) is 11.8 Å². The number of ether oxygens (including phenoxy) is 2. The Kier molecular flexibility index (Phi) is 6.50. The molecule has 0 radical (unpaired) electrons. The lowest BCUT2D eigenvalue weighted by molar-refractivity contribution is -0.153. The highest BCUT2D eigenvalue weighted by atomic mass is 16.5. The second kappa shape index (κ2) is 8.85. The summed E-state index contributed by atoms with van der Waals surface area (Å²) in [7, 11) is 0. The van der Waals surface area contributed by atoms with Crippen molar-refractivity contribution in [2.45, 2.75) is 56.7 Å². The molecule has 1 N–H and O–H groups in total. The third-order valence-corrected chi connectivity index (χ3v) is 5.82. The number of piperidine rings is 1. The van der Waals surface area contributed by atoms with Crippen LogP contribution in [0.2, 0.25) is 0 Å². The van der Waals surface area contributed by atoms with Crippen molar-refractivity contribution in [2.24, 2.45) is 0 Å². The predicted molar refractivity (Wildman–Crippen MR) is 101 cm³/mol. The van der Waals surface area contributed by atoms with Gasteiger partial charge in [0.05, 0.1) is 18.1 Å². The quantitative estimate of drug-likeness (QED) is 0.827. The molecule has 2 aliphatic heterocycles. The van der Waals surface area contributed by atoms with Gasteiger partial charge in [-0.3, -0.25) is 9.59 Å². The highest BCUT2D eigenvalue weighted by Crippen LogP contribution is 2.36. The average Bonchev–Trinajstić information content (AvgIpc) is 2.72. The fraction of sp³-hybridized carbons (Fsp3) is 0.619. The third kappa shape index (κ3) is 4.50. The van der Waals surface area contributed by atoms with Crippen molar-refractivity contribution in [1.29, 1.82) is 0 Å². The summed E-state index contributed by atoms with van der Waals surface area (Å²) in [6.45, 7) is 3.81. The number of carbonyl (C=O) groups excluding carboxylic acids is 1. The Morgan fingerprint density at radius 3 is 2.56 bits per heavy atom. The molecule has 6 nitrogen and oxygen atoms in total. The molecule has 2 unspecified atom stereocenters. The van der Waals surface area contributed by atoms with Crippen LogP contribution in [-0.2, 0) is 24.5 Å². The molecular formula is C21H29NO5. The van der Waals surface area contributed by atoms with Gasteiger partial charge in [0, 0.05) is 19.7 Å². The zero-order chi connectivity index (χ0) is 19.3. The van der Waals surface area contributed by atoms with Gasteiger partial charge in [-0.15, -0.1) is 0 Å². The first kappa shape index (κ1) is 19.8. The van der Waals surface area contributed by atoms with E-state index in [9.17, 15) is 14.7 Å². The Morgan fingerprint density at radius 1 is 1.26 bits per heavy atom. The normalized spacial score (nSPS) is 23.6. The topological polar surface area (TPSA) is 76.1 Å². The molecule has 6 heteroatoms. The van der Waals surface area contributed by atoms with Gasteiger partial charge in [-0.05, 0) is 44.6 Å². The van der Waals surface area contributed by atoms with Crippen LogP contribution in [0, 0.1) is 0 Å². The number of carbonyl (C=O) groups is 2. The van der Waals surface area contributed by atoms with Gasteiger partial charge in [-0.2, -0.15) is 0 Å². The van der Waals surface area contributed by atoms with E-state index in [1.807, 2.05) is 30.3 Å². The number of carboxylic acids is 1. The molecule has 0 bridgehead atoms. The molecule has 1 amide bonds. The number of benzene rings is 1. The van der Waals surface area contributed by atoms with Crippen LogP contribution in [-0.4, -0.2) is 60.4 Å². The van der Waals surface area contributed by atoms with Crippen LogP contribution < -0.4 is 0 Å². The Morgan fingerprint density at radius 2 is 1.96 bits per heavy atom. The van der Waals surface area contributed by atoms with Crippen LogP contribution in [0.1, 0.15) is 44.6 Å². The average molecular weight is 375 g/mol. The van der Waals surface area contributed by atoms with Crippen LogP contribution in [0.3, 0.4) is 0 Å². The highest BCUT2D eigenvalue weighted by Gasteiger charge is 2.44. The Labute approximate surface area is 160 Å². The molecule has 3 rings (SSSR count). The van der Waals surface area contributed by atoms with E-state index in [0.29, 0.717) is 32.5 Å². The van der Waals surface area contributed by atoms with Gasteiger partial charge < -0.3 is 19.5 Å². The van der Waals surface area contributed by atoms with Crippen molar-refractivity contribution >= 4 is 11.9 Å². The van der Waals surface area contributed by atoms with Gasteiger partial charge >= 0.3 is 5.97 Å². The molecule has 0 aliphatic carbocycles. The Hall–Kier alpha value is -1.92. The number of rotatable bonds is 6. The first-order valence-corrected chi connectivity index (χ1v) is 9.84. The van der Waals surface area contributed by atoms with Gasteiger partial charge in [-0.25, -0.2) is 0 Å². The van der Waals surface area contributed by atoms with E-state index < -0.39 is 17.5 Å². The molecule has 2 saturated heterocycles. The summed E-state index contributed by atoms with van der Waals surface area (Å²) in [5, 5.41) is 9.86. The molecule has 1 aromatic carbocycles. The molecule has 1 aromatic rings. The standard InChI is InChI=1S/C21H29NO5/c1-16(27-15-18-9-5-6-14-26-18)19(23)22-12-10-21(11-13-22,20(24)25)17-7-3-2-4-8-17/h2-4,7-8,16,18H,5-6,9-15H2,1H3,(H,24,25). The third-order valence-electron chi connectivity index (χ3n) is 5.82. The van der Waals surface area contributed by atoms with Crippen LogP contribution in [0.5, 0.6) is 0 Å². The lowest BCUT2D eigenvalue weighted by atomic mass is 9.73. The van der Waals surface area contributed by atoms with Crippen molar-refractivity contribution in [3.05, 3.63) is 35.9 Å². The molecule has 148 valence electrons. The second-order valence-corrected chi connectivity index (χ2v) is 7.54. The summed E-state index contributed by atoms with van der Waals surface area (Å²) in [5.74, 6) is -0.891. The fourth-order valence-corrected chi connectivity index (χ4v) is 4.01. The number of nitrogens with zero attached hydrogens (tertiary/aromatic N) is 1. The van der Waals surface area contributed by atoms with Crippen molar-refractivity contribution in [1.82, 2.24) is 4.90 Å². The molecular weight excluding hydrogens is 346 g/mol. The first-order chi connectivity index (χ1) is 13.0. The number of carboxylic acid groups (broad SMARTS) is 1. The molecule has 0 saturated carbocycles. The zero-order valence-corrected chi connectivity index (χ0v) is 15.9. The van der Waals surface area contributed by atoms with E-state index in [0.717, 1.165) is 31.4 Å². The second-order valence-electron chi connectivity index (χ2n) is 7.54. The summed E-state index contributed by atoms with van der Waals surface area (Å²) in [6, 6.07) is 9.33. The summed E-state index contributed by atoms with van der Waals surface area (Å²) in [6.07, 6.45) is 3.57. The number of likely N-dealkylation sites (tertiary alicyclic amines) is 1. The first-order valence-electron chi connectivity index (χ1n) is 9.84. The number of amides is 1. The van der Waals surface area contributed by atoms with Crippen LogP contribution in [0.25, 0.3) is 0 Å². The molecule has 0 aromatic heterocycles. The molecule has 2 atom stereocenters. The van der Waals surface area contributed by atoms with E-state index >= 15 is 0 Å². The number of hydrogen-bond donors (Lipinski definition) is 1. The van der Waals surface area contributed by atoms with Crippen molar-refractivity contribution in [2.75, 3.05) is 26.3 Å². The van der Waals surface area contributed by atoms with E-state index in [1.165, 1.54) is 0 Å². The lowest BCUT2D eigenvalue weighted by Crippen LogP contribution is -2.51. The summed E-state index contributed by atoms with van der Waals surface area (Å²) in [5.41, 5.74) is -0.110. The van der Waals surface area contributed by atoms with Gasteiger partial charge in [0.1, 0.15) is 6.10 Å². The maximum absolute atomic E-state index is 12.7. The predicted octanol–water partition coefficient (Wildman–Crippen LogP) is 2.61. The summed E-state index contributed by atoms with van der Waals surface area (Å²) < 4.78 is 11.4. The monoisotopic (exact) mass is 375 g/mol. The summed E-state index contributed by atoms with van der Waals surface area (Å²) >= 11 is 0. The Balaban J connectivity index is 1.55. The van der Waals surface area contributed by atoms with Crippen molar-refractivity contribution in [3.8, 4) is 0 Å². The smallest absolute Gasteiger partial charge is 0.314 e. The lowest BCUT2D eigenvalue weighted by Gasteiger charge is -2.40. The van der Waals surface area contributed by atoms with Gasteiger partial charge in [0.15, 0.2) is 0 Å². The van der Waals surface area contributed by atoms with Gasteiger partial charge in [-0.1, -0.05) is 30.3 Å². The highest BCUT2D eigenvalue weighted by molar-refractivity contribution is 5.84.